The van der Waals surface area contributed by atoms with Crippen LogP contribution >= 0.6 is 0 Å². The first-order valence-electron chi connectivity index (χ1n) is 9.94. The van der Waals surface area contributed by atoms with Crippen molar-refractivity contribution in [2.24, 2.45) is 0 Å². The van der Waals surface area contributed by atoms with Crippen LogP contribution in [0.5, 0.6) is 0 Å². The molecule has 4 aromatic rings. The van der Waals surface area contributed by atoms with E-state index in [1.54, 1.807) is 12.3 Å². The maximum Gasteiger partial charge on any atom is 0.252 e. The van der Waals surface area contributed by atoms with Crippen LogP contribution in [-0.4, -0.2) is 5.91 Å². The predicted molar refractivity (Wildman–Crippen MR) is 121 cm³/mol. The molecule has 148 valence electrons. The molecule has 0 fully saturated rings. The zero-order valence-corrected chi connectivity index (χ0v) is 16.8. The van der Waals surface area contributed by atoms with Gasteiger partial charge in [0.05, 0.1) is 17.9 Å². The molecule has 1 N–H and O–H groups in total. The van der Waals surface area contributed by atoms with E-state index < -0.39 is 0 Å². The van der Waals surface area contributed by atoms with Gasteiger partial charge in [-0.25, -0.2) is 0 Å². The Morgan fingerprint density at radius 3 is 2.17 bits per heavy atom. The maximum absolute atomic E-state index is 13.5. The molecule has 4 rings (SSSR count). The second-order valence-electron chi connectivity index (χ2n) is 7.11. The fourth-order valence-corrected chi connectivity index (χ4v) is 3.52. The van der Waals surface area contributed by atoms with Gasteiger partial charge in [-0.2, -0.15) is 0 Å². The molecule has 0 saturated heterocycles. The number of amides is 1. The van der Waals surface area contributed by atoms with Crippen LogP contribution in [0.15, 0.2) is 108 Å². The van der Waals surface area contributed by atoms with E-state index in [0.717, 1.165) is 22.3 Å². The van der Waals surface area contributed by atoms with Crippen molar-refractivity contribution in [1.29, 1.82) is 0 Å². The van der Waals surface area contributed by atoms with Crippen LogP contribution in [-0.2, 0) is 4.79 Å². The minimum absolute atomic E-state index is 0.158. The summed E-state index contributed by atoms with van der Waals surface area (Å²) in [6.07, 6.45) is 3.39. The summed E-state index contributed by atoms with van der Waals surface area (Å²) in [5.74, 6) is 0.478. The van der Waals surface area contributed by atoms with Gasteiger partial charge in [0.2, 0.25) is 0 Å². The van der Waals surface area contributed by atoms with Crippen molar-refractivity contribution in [3.05, 3.63) is 131 Å². The fraction of sp³-hybridized carbons (Fsp3) is 0.0741. The lowest BCUT2D eigenvalue weighted by Crippen LogP contribution is -2.30. The molecular formula is C27H23NO2. The molecule has 3 heteroatoms. The highest BCUT2D eigenvalue weighted by Gasteiger charge is 2.21. The molecule has 1 aromatic heterocycles. The van der Waals surface area contributed by atoms with Crippen LogP contribution < -0.4 is 5.32 Å². The SMILES string of the molecule is Cc1ccccc1[C@H](NC(=O)/C(=C/c1ccco1)c1ccccc1)c1ccccc1. The topological polar surface area (TPSA) is 42.2 Å². The number of carbonyl (C=O) groups excluding carboxylic acids is 1. The van der Waals surface area contributed by atoms with Gasteiger partial charge in [0.25, 0.3) is 5.91 Å². The molecule has 0 saturated carbocycles. The highest BCUT2D eigenvalue weighted by atomic mass is 16.3. The average Bonchev–Trinajstić information content (AvgIpc) is 3.31. The predicted octanol–water partition coefficient (Wildman–Crippen LogP) is 6.03. The summed E-state index contributed by atoms with van der Waals surface area (Å²) in [4.78, 5) is 13.5. The van der Waals surface area contributed by atoms with Gasteiger partial charge in [-0.3, -0.25) is 4.79 Å². The maximum atomic E-state index is 13.5. The lowest BCUT2D eigenvalue weighted by Gasteiger charge is -2.22. The standard InChI is InChI=1S/C27H23NO2/c1-20-11-8-9-17-24(20)26(22-14-6-3-7-15-22)28-27(29)25(19-23-16-10-18-30-23)21-12-4-2-5-13-21/h2-19,26H,1H3,(H,28,29)/b25-19+/t26-/m1/s1. The highest BCUT2D eigenvalue weighted by Crippen LogP contribution is 2.27. The molecule has 1 atom stereocenters. The Labute approximate surface area is 176 Å². The summed E-state index contributed by atoms with van der Waals surface area (Å²) in [5, 5.41) is 3.25. The summed E-state index contributed by atoms with van der Waals surface area (Å²) in [5.41, 5.74) is 4.62. The van der Waals surface area contributed by atoms with Crippen molar-refractivity contribution < 1.29 is 9.21 Å². The van der Waals surface area contributed by atoms with Gasteiger partial charge >= 0.3 is 0 Å². The number of aryl methyl sites for hydroxylation is 1. The zero-order valence-electron chi connectivity index (χ0n) is 16.8. The minimum atomic E-state index is -0.261. The summed E-state index contributed by atoms with van der Waals surface area (Å²) in [6, 6.07) is 31.2. The second-order valence-corrected chi connectivity index (χ2v) is 7.11. The van der Waals surface area contributed by atoms with E-state index >= 15 is 0 Å². The van der Waals surface area contributed by atoms with Crippen molar-refractivity contribution in [3.8, 4) is 0 Å². The summed E-state index contributed by atoms with van der Waals surface area (Å²) < 4.78 is 5.47. The summed E-state index contributed by atoms with van der Waals surface area (Å²) in [7, 11) is 0. The molecule has 0 radical (unpaired) electrons. The average molecular weight is 393 g/mol. The van der Waals surface area contributed by atoms with Crippen molar-refractivity contribution in [2.75, 3.05) is 0 Å². The molecule has 1 amide bonds. The molecule has 3 nitrogen and oxygen atoms in total. The Morgan fingerprint density at radius 2 is 1.50 bits per heavy atom. The van der Waals surface area contributed by atoms with Crippen LogP contribution in [0.3, 0.4) is 0 Å². The Hall–Kier alpha value is -3.85. The van der Waals surface area contributed by atoms with Gasteiger partial charge in [-0.05, 0) is 47.4 Å². The van der Waals surface area contributed by atoms with Gasteiger partial charge in [-0.1, -0.05) is 84.9 Å². The third-order valence-electron chi connectivity index (χ3n) is 5.07. The first kappa shape index (κ1) is 19.5. The van der Waals surface area contributed by atoms with Gasteiger partial charge in [-0.15, -0.1) is 0 Å². The Bertz CT molecular complexity index is 1130. The van der Waals surface area contributed by atoms with Crippen LogP contribution in [0.4, 0.5) is 0 Å². The lowest BCUT2D eigenvalue weighted by atomic mass is 9.94. The van der Waals surface area contributed by atoms with Crippen molar-refractivity contribution in [2.45, 2.75) is 13.0 Å². The largest absolute Gasteiger partial charge is 0.465 e. The third kappa shape index (κ3) is 4.41. The van der Waals surface area contributed by atoms with E-state index in [1.165, 1.54) is 0 Å². The molecule has 0 aliphatic rings. The number of nitrogens with one attached hydrogen (secondary N) is 1. The van der Waals surface area contributed by atoms with Crippen molar-refractivity contribution >= 4 is 17.6 Å². The van der Waals surface area contributed by atoms with Gasteiger partial charge in [0.15, 0.2) is 0 Å². The molecule has 0 aliphatic heterocycles. The first-order valence-corrected chi connectivity index (χ1v) is 9.94. The highest BCUT2D eigenvalue weighted by molar-refractivity contribution is 6.24. The van der Waals surface area contributed by atoms with Crippen LogP contribution in [0.1, 0.15) is 34.1 Å². The number of rotatable bonds is 6. The monoisotopic (exact) mass is 393 g/mol. The van der Waals surface area contributed by atoms with Gasteiger partial charge in [0.1, 0.15) is 5.76 Å². The number of carbonyl (C=O) groups is 1. The lowest BCUT2D eigenvalue weighted by molar-refractivity contribution is -0.116. The number of hydrogen-bond acceptors (Lipinski definition) is 2. The molecule has 0 unspecified atom stereocenters. The third-order valence-corrected chi connectivity index (χ3v) is 5.07. The summed E-state index contributed by atoms with van der Waals surface area (Å²) >= 11 is 0. The second kappa shape index (κ2) is 9.10. The molecule has 30 heavy (non-hydrogen) atoms. The number of furan rings is 1. The van der Waals surface area contributed by atoms with E-state index in [9.17, 15) is 4.79 Å². The fourth-order valence-electron chi connectivity index (χ4n) is 3.52. The van der Waals surface area contributed by atoms with E-state index in [-0.39, 0.29) is 11.9 Å². The van der Waals surface area contributed by atoms with Crippen LogP contribution in [0.2, 0.25) is 0 Å². The normalized spacial score (nSPS) is 12.4. The molecular weight excluding hydrogens is 370 g/mol. The van der Waals surface area contributed by atoms with E-state index in [4.69, 9.17) is 4.42 Å². The van der Waals surface area contributed by atoms with E-state index in [2.05, 4.69) is 24.4 Å². The minimum Gasteiger partial charge on any atom is -0.465 e. The smallest absolute Gasteiger partial charge is 0.252 e. The van der Waals surface area contributed by atoms with Gasteiger partial charge < -0.3 is 9.73 Å². The summed E-state index contributed by atoms with van der Waals surface area (Å²) in [6.45, 7) is 2.06. The Kier molecular flexibility index (Phi) is 5.90. The Balaban J connectivity index is 1.74. The Morgan fingerprint density at radius 1 is 0.833 bits per heavy atom. The first-order chi connectivity index (χ1) is 14.7. The van der Waals surface area contributed by atoms with Crippen LogP contribution in [0.25, 0.3) is 11.6 Å². The quantitative estimate of drug-likeness (QED) is 0.406. The molecule has 0 bridgehead atoms. The van der Waals surface area contributed by atoms with Crippen LogP contribution in [0, 0.1) is 6.92 Å². The van der Waals surface area contributed by atoms with Gasteiger partial charge in [0, 0.05) is 0 Å². The van der Waals surface area contributed by atoms with E-state index in [0.29, 0.717) is 11.3 Å². The zero-order chi connectivity index (χ0) is 20.8. The number of benzene rings is 3. The number of hydrogen-bond donors (Lipinski definition) is 1. The van der Waals surface area contributed by atoms with Crippen molar-refractivity contribution in [3.63, 3.8) is 0 Å². The molecule has 1 heterocycles. The van der Waals surface area contributed by atoms with E-state index in [1.807, 2.05) is 84.9 Å². The van der Waals surface area contributed by atoms with Crippen molar-refractivity contribution in [1.82, 2.24) is 5.32 Å². The molecule has 0 spiro atoms. The molecule has 0 aliphatic carbocycles. The molecule has 3 aromatic carbocycles.